The van der Waals surface area contributed by atoms with E-state index in [9.17, 15) is 14.0 Å². The van der Waals surface area contributed by atoms with Crippen molar-refractivity contribution in [3.05, 3.63) is 65.5 Å². The van der Waals surface area contributed by atoms with Crippen LogP contribution in [0.15, 0.2) is 48.5 Å². The summed E-state index contributed by atoms with van der Waals surface area (Å²) in [6, 6.07) is 10.6. The molecule has 1 unspecified atom stereocenters. The first-order valence-corrected chi connectivity index (χ1v) is 8.08. The van der Waals surface area contributed by atoms with Gasteiger partial charge in [0.1, 0.15) is 17.6 Å². The molecule has 2 amide bonds. The monoisotopic (exact) mass is 356 g/mol. The summed E-state index contributed by atoms with van der Waals surface area (Å²) in [5.41, 5.74) is 1.95. The van der Waals surface area contributed by atoms with E-state index in [1.165, 1.54) is 24.3 Å². The van der Waals surface area contributed by atoms with Crippen LogP contribution in [-0.2, 0) is 9.59 Å². The van der Waals surface area contributed by atoms with Gasteiger partial charge in [0.15, 0.2) is 0 Å². The van der Waals surface area contributed by atoms with Crippen LogP contribution in [0.1, 0.15) is 18.1 Å². The van der Waals surface area contributed by atoms with Crippen molar-refractivity contribution < 1.29 is 18.7 Å². The van der Waals surface area contributed by atoms with Gasteiger partial charge in [-0.15, -0.1) is 0 Å². The number of hydrogen-bond acceptors (Lipinski definition) is 3. The van der Waals surface area contributed by atoms with Gasteiger partial charge in [-0.2, -0.15) is 0 Å². The minimum atomic E-state index is -0.743. The molecule has 0 radical (unpaired) electrons. The second-order valence-corrected chi connectivity index (χ2v) is 5.79. The van der Waals surface area contributed by atoms with Crippen LogP contribution in [0.5, 0.6) is 5.75 Å². The lowest BCUT2D eigenvalue weighted by Gasteiger charge is -2.14. The Kier molecular flexibility index (Phi) is 6.49. The Hall–Kier alpha value is -3.15. The summed E-state index contributed by atoms with van der Waals surface area (Å²) in [7, 11) is 1.58. The quantitative estimate of drug-likeness (QED) is 0.781. The number of aryl methyl sites for hydroxylation is 1. The molecule has 0 aromatic heterocycles. The maximum atomic E-state index is 13.1. The van der Waals surface area contributed by atoms with E-state index in [4.69, 9.17) is 4.74 Å². The van der Waals surface area contributed by atoms with Crippen LogP contribution in [0.4, 0.5) is 10.1 Å². The predicted octanol–water partition coefficient (Wildman–Crippen LogP) is 3.30. The Morgan fingerprint density at radius 3 is 2.46 bits per heavy atom. The maximum absolute atomic E-state index is 13.1. The van der Waals surface area contributed by atoms with Crippen LogP contribution < -0.4 is 15.4 Å². The van der Waals surface area contributed by atoms with Crippen molar-refractivity contribution in [1.82, 2.24) is 5.32 Å². The topological polar surface area (TPSA) is 67.4 Å². The summed E-state index contributed by atoms with van der Waals surface area (Å²) < 4.78 is 18.2. The molecule has 0 aliphatic carbocycles. The number of ether oxygens (including phenoxy) is 1. The second kappa shape index (κ2) is 8.80. The van der Waals surface area contributed by atoms with Gasteiger partial charge in [-0.1, -0.05) is 12.1 Å². The number of carbonyl (C=O) groups is 2. The van der Waals surface area contributed by atoms with Gasteiger partial charge in [-0.3, -0.25) is 9.59 Å². The summed E-state index contributed by atoms with van der Waals surface area (Å²) in [6.45, 7) is 3.27. The van der Waals surface area contributed by atoms with Crippen LogP contribution in [-0.4, -0.2) is 25.0 Å². The Labute approximate surface area is 151 Å². The van der Waals surface area contributed by atoms with E-state index in [0.717, 1.165) is 11.3 Å². The highest BCUT2D eigenvalue weighted by Gasteiger charge is 2.15. The summed E-state index contributed by atoms with van der Waals surface area (Å²) >= 11 is 0. The number of methoxy groups -OCH3 is 1. The van der Waals surface area contributed by atoms with Crippen molar-refractivity contribution in [3.63, 3.8) is 0 Å². The van der Waals surface area contributed by atoms with E-state index in [1.54, 1.807) is 39.2 Å². The van der Waals surface area contributed by atoms with Gasteiger partial charge >= 0.3 is 0 Å². The van der Waals surface area contributed by atoms with Gasteiger partial charge in [0.2, 0.25) is 11.8 Å². The van der Waals surface area contributed by atoms with Crippen LogP contribution in [0.2, 0.25) is 0 Å². The van der Waals surface area contributed by atoms with Gasteiger partial charge in [-0.05, 0) is 61.4 Å². The summed E-state index contributed by atoms with van der Waals surface area (Å²) in [5.74, 6) is -0.413. The third-order valence-corrected chi connectivity index (χ3v) is 3.74. The summed E-state index contributed by atoms with van der Waals surface area (Å²) in [5, 5.41) is 5.26. The highest BCUT2D eigenvalue weighted by atomic mass is 19.1. The lowest BCUT2D eigenvalue weighted by Crippen LogP contribution is -2.41. The number of benzene rings is 2. The molecule has 5 nitrogen and oxygen atoms in total. The van der Waals surface area contributed by atoms with Gasteiger partial charge in [0.25, 0.3) is 0 Å². The Bertz CT molecular complexity index is 816. The zero-order chi connectivity index (χ0) is 19.1. The number of halogens is 1. The van der Waals surface area contributed by atoms with E-state index in [2.05, 4.69) is 10.6 Å². The fraction of sp³-hybridized carbons (Fsp3) is 0.200. The Morgan fingerprint density at radius 2 is 1.85 bits per heavy atom. The highest BCUT2D eigenvalue weighted by molar-refractivity contribution is 6.00. The third kappa shape index (κ3) is 5.44. The van der Waals surface area contributed by atoms with E-state index in [-0.39, 0.29) is 17.6 Å². The fourth-order valence-electron chi connectivity index (χ4n) is 2.22. The van der Waals surface area contributed by atoms with Gasteiger partial charge in [0.05, 0.1) is 7.11 Å². The molecule has 136 valence electrons. The normalized spacial score (nSPS) is 11.8. The van der Waals surface area contributed by atoms with Crippen molar-refractivity contribution in [2.45, 2.75) is 19.9 Å². The van der Waals surface area contributed by atoms with E-state index in [1.807, 2.05) is 12.1 Å². The Balaban J connectivity index is 1.90. The average molecular weight is 356 g/mol. The van der Waals surface area contributed by atoms with E-state index < -0.39 is 6.04 Å². The number of carbonyl (C=O) groups excluding carboxylic acids is 2. The predicted molar refractivity (Wildman–Crippen MR) is 99.4 cm³/mol. The molecule has 0 saturated carbocycles. The lowest BCUT2D eigenvalue weighted by molar-refractivity contribution is -0.123. The van der Waals surface area contributed by atoms with Crippen LogP contribution in [0, 0.1) is 12.7 Å². The zero-order valence-electron chi connectivity index (χ0n) is 14.9. The standard InChI is InChI=1S/C20H21FN2O3/c1-13-12-16(21)7-10-18(13)23-20(25)14(2)22-19(24)11-6-15-4-8-17(26-3)9-5-15/h4-12,14H,1-3H3,(H,22,24)(H,23,25)/b11-6+. The smallest absolute Gasteiger partial charge is 0.246 e. The van der Waals surface area contributed by atoms with Crippen LogP contribution >= 0.6 is 0 Å². The van der Waals surface area contributed by atoms with Gasteiger partial charge < -0.3 is 15.4 Å². The zero-order valence-corrected chi connectivity index (χ0v) is 14.9. The molecule has 0 aliphatic rings. The summed E-state index contributed by atoms with van der Waals surface area (Å²) in [6.07, 6.45) is 3.00. The number of anilines is 1. The highest BCUT2D eigenvalue weighted by Crippen LogP contribution is 2.16. The Morgan fingerprint density at radius 1 is 1.15 bits per heavy atom. The molecule has 0 saturated heterocycles. The maximum Gasteiger partial charge on any atom is 0.246 e. The number of amides is 2. The van der Waals surface area contributed by atoms with Crippen molar-refractivity contribution in [2.24, 2.45) is 0 Å². The molecule has 0 fully saturated rings. The van der Waals surface area contributed by atoms with Crippen molar-refractivity contribution >= 4 is 23.6 Å². The molecule has 0 aliphatic heterocycles. The molecule has 1 atom stereocenters. The molecular weight excluding hydrogens is 335 g/mol. The first-order chi connectivity index (χ1) is 12.4. The molecule has 0 bridgehead atoms. The minimum absolute atomic E-state index is 0.370. The fourth-order valence-corrected chi connectivity index (χ4v) is 2.22. The van der Waals surface area contributed by atoms with E-state index in [0.29, 0.717) is 11.3 Å². The van der Waals surface area contributed by atoms with Gasteiger partial charge in [-0.25, -0.2) is 4.39 Å². The first kappa shape index (κ1) is 19.2. The van der Waals surface area contributed by atoms with Crippen LogP contribution in [0.3, 0.4) is 0 Å². The molecule has 6 heteroatoms. The largest absolute Gasteiger partial charge is 0.497 e. The second-order valence-electron chi connectivity index (χ2n) is 5.79. The molecule has 2 rings (SSSR count). The average Bonchev–Trinajstić information content (AvgIpc) is 2.62. The first-order valence-electron chi connectivity index (χ1n) is 8.08. The molecule has 0 heterocycles. The summed E-state index contributed by atoms with van der Waals surface area (Å²) in [4.78, 5) is 24.1. The third-order valence-electron chi connectivity index (χ3n) is 3.74. The molecule has 2 aromatic carbocycles. The van der Waals surface area contributed by atoms with Crippen molar-refractivity contribution in [3.8, 4) is 5.75 Å². The molecular formula is C20H21FN2O3. The van der Waals surface area contributed by atoms with E-state index >= 15 is 0 Å². The lowest BCUT2D eigenvalue weighted by atomic mass is 10.2. The number of rotatable bonds is 6. The van der Waals surface area contributed by atoms with Gasteiger partial charge in [0, 0.05) is 11.8 Å². The van der Waals surface area contributed by atoms with Crippen molar-refractivity contribution in [1.29, 1.82) is 0 Å². The number of nitrogens with one attached hydrogen (secondary N) is 2. The number of hydrogen-bond donors (Lipinski definition) is 2. The molecule has 26 heavy (non-hydrogen) atoms. The SMILES string of the molecule is COc1ccc(/C=C/C(=O)NC(C)C(=O)Nc2ccc(F)cc2C)cc1. The molecule has 0 spiro atoms. The van der Waals surface area contributed by atoms with Crippen molar-refractivity contribution in [2.75, 3.05) is 12.4 Å². The molecule has 2 aromatic rings. The minimum Gasteiger partial charge on any atom is -0.497 e. The van der Waals surface area contributed by atoms with Crippen LogP contribution in [0.25, 0.3) is 6.08 Å². The molecule has 2 N–H and O–H groups in total.